The Kier molecular flexibility index (Phi) is 12.4. The Balaban J connectivity index is 0.000000397. The lowest BCUT2D eigenvalue weighted by atomic mass is 10.1. The van der Waals surface area contributed by atoms with Gasteiger partial charge in [0.1, 0.15) is 38.9 Å². The van der Waals surface area contributed by atoms with Crippen LogP contribution in [0.2, 0.25) is 0 Å². The van der Waals surface area contributed by atoms with Gasteiger partial charge in [-0.1, -0.05) is 24.4 Å². The summed E-state index contributed by atoms with van der Waals surface area (Å²) in [5.74, 6) is 0.425. The number of carbonyl (C=O) groups excluding carboxylic acids is 2. The van der Waals surface area contributed by atoms with Gasteiger partial charge in [-0.2, -0.15) is 0 Å². The smallest absolute Gasteiger partial charge is 0.250 e. The molecule has 196 valence electrons. The molecule has 12 heteroatoms. The third kappa shape index (κ3) is 8.24. The van der Waals surface area contributed by atoms with Gasteiger partial charge in [0.05, 0.1) is 39.6 Å². The summed E-state index contributed by atoms with van der Waals surface area (Å²) in [6.45, 7) is 1.42. The second-order valence-electron chi connectivity index (χ2n) is 7.18. The van der Waals surface area contributed by atoms with Crippen LogP contribution in [0.3, 0.4) is 0 Å². The van der Waals surface area contributed by atoms with Gasteiger partial charge in [-0.05, 0) is 43.3 Å². The standard InChI is InChI=1S/C14H19N3O4S.C10H13NO2S/c1-8(12(15)18)13(19)16-17(2)14(22)10-7-9(20-3)5-6-11(10)21-4;1-11-10(14)8-6-7(12-2)4-5-9(8)13-3/h5-8H,1-4H3,(H2,15,18)(H,16,19);4-6H,1-3H3,(H,11,14). The van der Waals surface area contributed by atoms with E-state index >= 15 is 0 Å². The molecule has 2 rings (SSSR count). The van der Waals surface area contributed by atoms with E-state index in [4.69, 9.17) is 49.1 Å². The molecule has 10 nitrogen and oxygen atoms in total. The largest absolute Gasteiger partial charge is 0.497 e. The van der Waals surface area contributed by atoms with E-state index in [1.807, 2.05) is 18.2 Å². The predicted molar refractivity (Wildman–Crippen MR) is 146 cm³/mol. The highest BCUT2D eigenvalue weighted by Crippen LogP contribution is 2.25. The highest BCUT2D eigenvalue weighted by atomic mass is 32.1. The van der Waals surface area contributed by atoms with E-state index in [0.717, 1.165) is 17.1 Å². The summed E-state index contributed by atoms with van der Waals surface area (Å²) in [7, 11) is 9.63. The normalized spacial score (nSPS) is 10.5. The fourth-order valence-electron chi connectivity index (χ4n) is 2.73. The number of hydrazine groups is 1. The van der Waals surface area contributed by atoms with Crippen LogP contribution in [-0.4, -0.2) is 69.3 Å². The van der Waals surface area contributed by atoms with Crippen LogP contribution in [0.5, 0.6) is 23.0 Å². The van der Waals surface area contributed by atoms with Crippen molar-refractivity contribution in [1.82, 2.24) is 15.8 Å². The zero-order valence-corrected chi connectivity index (χ0v) is 23.0. The second-order valence-corrected chi connectivity index (χ2v) is 7.97. The summed E-state index contributed by atoms with van der Waals surface area (Å²) < 4.78 is 20.7. The molecule has 1 atom stereocenters. The van der Waals surface area contributed by atoms with Crippen LogP contribution in [0.1, 0.15) is 18.1 Å². The average molecular weight is 537 g/mol. The Morgan fingerprint density at radius 2 is 1.36 bits per heavy atom. The molecule has 36 heavy (non-hydrogen) atoms. The first-order valence-electron chi connectivity index (χ1n) is 10.6. The van der Waals surface area contributed by atoms with Crippen LogP contribution in [0.15, 0.2) is 36.4 Å². The monoisotopic (exact) mass is 536 g/mol. The maximum absolute atomic E-state index is 11.8. The minimum absolute atomic E-state index is 0.306. The number of benzene rings is 2. The summed E-state index contributed by atoms with van der Waals surface area (Å²) in [4.78, 5) is 23.8. The Hall–Kier alpha value is -3.64. The van der Waals surface area contributed by atoms with E-state index in [0.29, 0.717) is 27.0 Å². The molecule has 2 aromatic rings. The molecular formula is C24H32N4O6S2. The number of hydrogen-bond acceptors (Lipinski definition) is 8. The molecule has 0 fully saturated rings. The number of primary amides is 1. The van der Waals surface area contributed by atoms with Crippen molar-refractivity contribution in [3.05, 3.63) is 47.5 Å². The molecule has 0 aliphatic rings. The highest BCUT2D eigenvalue weighted by molar-refractivity contribution is 7.81. The maximum atomic E-state index is 11.8. The van der Waals surface area contributed by atoms with E-state index in [1.54, 1.807) is 46.5 Å². The van der Waals surface area contributed by atoms with Gasteiger partial charge in [-0.3, -0.25) is 20.0 Å². The van der Waals surface area contributed by atoms with Gasteiger partial charge in [-0.25, -0.2) is 0 Å². The van der Waals surface area contributed by atoms with Crippen molar-refractivity contribution in [1.29, 1.82) is 0 Å². The third-order valence-electron chi connectivity index (χ3n) is 4.92. The number of nitrogens with two attached hydrogens (primary N) is 1. The second kappa shape index (κ2) is 14.7. The van der Waals surface area contributed by atoms with Crippen molar-refractivity contribution in [2.75, 3.05) is 42.5 Å². The number of rotatable bonds is 8. The molecular weight excluding hydrogens is 504 g/mol. The number of nitrogens with zero attached hydrogens (tertiary/aromatic N) is 1. The van der Waals surface area contributed by atoms with Crippen LogP contribution < -0.4 is 35.4 Å². The summed E-state index contributed by atoms with van der Waals surface area (Å²) >= 11 is 10.5. The minimum Gasteiger partial charge on any atom is -0.497 e. The zero-order chi connectivity index (χ0) is 27.4. The molecule has 0 saturated carbocycles. The van der Waals surface area contributed by atoms with E-state index in [1.165, 1.54) is 26.2 Å². The van der Waals surface area contributed by atoms with E-state index in [9.17, 15) is 9.59 Å². The topological polar surface area (TPSA) is 124 Å². The number of thiocarbonyl (C=S) groups is 2. The summed E-state index contributed by atoms with van der Waals surface area (Å²) in [5, 5.41) is 4.23. The first-order valence-corrected chi connectivity index (χ1v) is 11.4. The van der Waals surface area contributed by atoms with Gasteiger partial charge in [0.25, 0.3) is 5.91 Å². The van der Waals surface area contributed by atoms with Gasteiger partial charge in [-0.15, -0.1) is 0 Å². The SMILES string of the molecule is CNC(=S)c1cc(OC)ccc1OC.COc1ccc(OC)c(C(=S)N(C)NC(=O)C(C)C(N)=O)c1. The Morgan fingerprint density at radius 1 is 0.889 bits per heavy atom. The molecule has 0 aliphatic carbocycles. The number of methoxy groups -OCH3 is 4. The number of carbonyl (C=O) groups is 2. The van der Waals surface area contributed by atoms with Gasteiger partial charge < -0.3 is 30.0 Å². The molecule has 0 spiro atoms. The van der Waals surface area contributed by atoms with Crippen molar-refractivity contribution in [2.24, 2.45) is 11.7 Å². The predicted octanol–water partition coefficient (Wildman–Crippen LogP) is 2.06. The fourth-order valence-corrected chi connectivity index (χ4v) is 3.09. The molecule has 4 N–H and O–H groups in total. The number of ether oxygens (including phenoxy) is 4. The fraction of sp³-hybridized carbons (Fsp3) is 0.333. The van der Waals surface area contributed by atoms with Gasteiger partial charge >= 0.3 is 0 Å². The van der Waals surface area contributed by atoms with E-state index in [-0.39, 0.29) is 0 Å². The molecule has 0 radical (unpaired) electrons. The molecule has 0 bridgehead atoms. The highest BCUT2D eigenvalue weighted by Gasteiger charge is 2.22. The molecule has 1 unspecified atom stereocenters. The lowest BCUT2D eigenvalue weighted by Crippen LogP contribution is -2.47. The lowest BCUT2D eigenvalue weighted by molar-refractivity contribution is -0.134. The van der Waals surface area contributed by atoms with Crippen LogP contribution in [0.4, 0.5) is 0 Å². The van der Waals surface area contributed by atoms with E-state index < -0.39 is 17.7 Å². The van der Waals surface area contributed by atoms with Gasteiger partial charge in [0.15, 0.2) is 0 Å². The van der Waals surface area contributed by atoms with Crippen molar-refractivity contribution in [3.8, 4) is 23.0 Å². The van der Waals surface area contributed by atoms with Crippen molar-refractivity contribution < 1.29 is 28.5 Å². The molecule has 0 aliphatic heterocycles. The average Bonchev–Trinajstić information content (AvgIpc) is 2.90. The summed E-state index contributed by atoms with van der Waals surface area (Å²) in [6, 6.07) is 10.7. The molecule has 0 saturated heterocycles. The zero-order valence-electron chi connectivity index (χ0n) is 21.3. The number of amides is 2. The van der Waals surface area contributed by atoms with Crippen LogP contribution >= 0.6 is 24.4 Å². The van der Waals surface area contributed by atoms with Gasteiger partial charge in [0.2, 0.25) is 5.91 Å². The number of hydrogen-bond donors (Lipinski definition) is 3. The van der Waals surface area contributed by atoms with E-state index in [2.05, 4.69) is 10.7 Å². The Labute approximate surface area is 222 Å². The Morgan fingerprint density at radius 3 is 1.78 bits per heavy atom. The van der Waals surface area contributed by atoms with Crippen LogP contribution in [-0.2, 0) is 9.59 Å². The quantitative estimate of drug-likeness (QED) is 0.262. The summed E-state index contributed by atoms with van der Waals surface area (Å²) in [6.07, 6.45) is 0. The summed E-state index contributed by atoms with van der Waals surface area (Å²) in [5.41, 5.74) is 9.01. The number of nitrogens with one attached hydrogen (secondary N) is 2. The molecule has 2 amide bonds. The lowest BCUT2D eigenvalue weighted by Gasteiger charge is -2.23. The van der Waals surface area contributed by atoms with Crippen molar-refractivity contribution >= 4 is 46.2 Å². The first-order chi connectivity index (χ1) is 17.0. The van der Waals surface area contributed by atoms with Crippen molar-refractivity contribution in [3.63, 3.8) is 0 Å². The first kappa shape index (κ1) is 30.4. The molecule has 0 aromatic heterocycles. The molecule has 0 heterocycles. The van der Waals surface area contributed by atoms with Crippen LogP contribution in [0, 0.1) is 5.92 Å². The van der Waals surface area contributed by atoms with Gasteiger partial charge in [0, 0.05) is 14.1 Å². The Bertz CT molecular complexity index is 1100. The maximum Gasteiger partial charge on any atom is 0.250 e. The third-order valence-corrected chi connectivity index (χ3v) is 5.84. The minimum atomic E-state index is -0.961. The van der Waals surface area contributed by atoms with Crippen LogP contribution in [0.25, 0.3) is 0 Å². The molecule has 2 aromatic carbocycles. The van der Waals surface area contributed by atoms with Crippen molar-refractivity contribution in [2.45, 2.75) is 6.92 Å².